The number of benzene rings is 1. The lowest BCUT2D eigenvalue weighted by Gasteiger charge is -2.09. The number of rotatable bonds is 3. The summed E-state index contributed by atoms with van der Waals surface area (Å²) in [5.41, 5.74) is 3.60. The Morgan fingerprint density at radius 2 is 2.06 bits per heavy atom. The molecule has 2 nitrogen and oxygen atoms in total. The minimum Gasteiger partial charge on any atom is -0.377 e. The quantitative estimate of drug-likeness (QED) is 0.873. The van der Waals surface area contributed by atoms with Crippen molar-refractivity contribution < 1.29 is 4.39 Å². The predicted molar refractivity (Wildman–Crippen MR) is 67.4 cm³/mol. The number of nitrogens with zero attached hydrogens (tertiary/aromatic N) is 1. The molecule has 0 aliphatic heterocycles. The average Bonchev–Trinajstić information content (AvgIpc) is 2.32. The molecule has 0 aliphatic carbocycles. The second-order valence-electron chi connectivity index (χ2n) is 4.10. The summed E-state index contributed by atoms with van der Waals surface area (Å²) in [5, 5.41) is 3.07. The van der Waals surface area contributed by atoms with Gasteiger partial charge in [0.25, 0.3) is 0 Å². The SMILES string of the molecule is Cc1ccc(F)c(NCc2ncccc2C)c1. The van der Waals surface area contributed by atoms with Gasteiger partial charge in [0.05, 0.1) is 17.9 Å². The van der Waals surface area contributed by atoms with E-state index in [0.717, 1.165) is 16.8 Å². The van der Waals surface area contributed by atoms with E-state index in [1.165, 1.54) is 6.07 Å². The largest absolute Gasteiger partial charge is 0.377 e. The number of hydrogen-bond acceptors (Lipinski definition) is 2. The molecule has 17 heavy (non-hydrogen) atoms. The molecule has 1 aromatic carbocycles. The fourth-order valence-electron chi connectivity index (χ4n) is 1.66. The van der Waals surface area contributed by atoms with Crippen LogP contribution < -0.4 is 5.32 Å². The number of pyridine rings is 1. The van der Waals surface area contributed by atoms with E-state index in [1.54, 1.807) is 18.3 Å². The number of halogens is 1. The van der Waals surface area contributed by atoms with Crippen molar-refractivity contribution in [2.45, 2.75) is 20.4 Å². The second-order valence-corrected chi connectivity index (χ2v) is 4.10. The lowest BCUT2D eigenvalue weighted by molar-refractivity contribution is 0.629. The van der Waals surface area contributed by atoms with Gasteiger partial charge in [-0.1, -0.05) is 12.1 Å². The minimum absolute atomic E-state index is 0.232. The molecular formula is C14H15FN2. The third-order valence-corrected chi connectivity index (χ3v) is 2.69. The zero-order chi connectivity index (χ0) is 12.3. The standard InChI is InChI=1S/C14H15FN2/c1-10-5-6-12(15)13(8-10)17-9-14-11(2)4-3-7-16-14/h3-8,17H,9H2,1-2H3. The van der Waals surface area contributed by atoms with Crippen molar-refractivity contribution in [1.29, 1.82) is 0 Å². The van der Waals surface area contributed by atoms with Crippen molar-refractivity contribution >= 4 is 5.69 Å². The van der Waals surface area contributed by atoms with E-state index in [1.807, 2.05) is 26.0 Å². The molecule has 0 aliphatic rings. The van der Waals surface area contributed by atoms with Crippen LogP contribution in [0.3, 0.4) is 0 Å². The lowest BCUT2D eigenvalue weighted by Crippen LogP contribution is -2.05. The van der Waals surface area contributed by atoms with Crippen molar-refractivity contribution in [1.82, 2.24) is 4.98 Å². The van der Waals surface area contributed by atoms with Crippen molar-refractivity contribution in [2.75, 3.05) is 5.32 Å². The van der Waals surface area contributed by atoms with Crippen LogP contribution in [0.25, 0.3) is 0 Å². The molecule has 2 rings (SSSR count). The van der Waals surface area contributed by atoms with Crippen LogP contribution in [0.2, 0.25) is 0 Å². The Labute approximate surface area is 101 Å². The van der Waals surface area contributed by atoms with Crippen LogP contribution in [0.5, 0.6) is 0 Å². The van der Waals surface area contributed by atoms with Crippen LogP contribution in [0.1, 0.15) is 16.8 Å². The molecule has 1 N–H and O–H groups in total. The van der Waals surface area contributed by atoms with Gasteiger partial charge in [0.1, 0.15) is 5.82 Å². The van der Waals surface area contributed by atoms with E-state index in [0.29, 0.717) is 12.2 Å². The Morgan fingerprint density at radius 3 is 2.82 bits per heavy atom. The molecule has 88 valence electrons. The summed E-state index contributed by atoms with van der Waals surface area (Å²) in [7, 11) is 0. The maximum absolute atomic E-state index is 13.5. The summed E-state index contributed by atoms with van der Waals surface area (Å²) in [5.74, 6) is -0.232. The molecule has 0 unspecified atom stereocenters. The van der Waals surface area contributed by atoms with Gasteiger partial charge in [-0.25, -0.2) is 4.39 Å². The number of aryl methyl sites for hydroxylation is 2. The summed E-state index contributed by atoms with van der Waals surface area (Å²) in [6.07, 6.45) is 1.75. The first kappa shape index (κ1) is 11.6. The van der Waals surface area contributed by atoms with Gasteiger partial charge in [-0.2, -0.15) is 0 Å². The lowest BCUT2D eigenvalue weighted by atomic mass is 10.2. The first-order valence-corrected chi connectivity index (χ1v) is 5.57. The third-order valence-electron chi connectivity index (χ3n) is 2.69. The molecule has 0 amide bonds. The van der Waals surface area contributed by atoms with Gasteiger partial charge in [0.15, 0.2) is 0 Å². The maximum Gasteiger partial charge on any atom is 0.146 e. The summed E-state index contributed by atoms with van der Waals surface area (Å²) < 4.78 is 13.5. The average molecular weight is 230 g/mol. The van der Waals surface area contributed by atoms with E-state index in [4.69, 9.17) is 0 Å². The van der Waals surface area contributed by atoms with Gasteiger partial charge >= 0.3 is 0 Å². The molecule has 0 radical (unpaired) electrons. The molecule has 1 heterocycles. The zero-order valence-electron chi connectivity index (χ0n) is 10.00. The van der Waals surface area contributed by atoms with Crippen molar-refractivity contribution in [3.05, 3.63) is 59.2 Å². The minimum atomic E-state index is -0.232. The number of nitrogens with one attached hydrogen (secondary N) is 1. The Hall–Kier alpha value is -1.90. The third kappa shape index (κ3) is 2.81. The fourth-order valence-corrected chi connectivity index (χ4v) is 1.66. The molecular weight excluding hydrogens is 215 g/mol. The molecule has 0 saturated heterocycles. The van der Waals surface area contributed by atoms with Gasteiger partial charge in [0.2, 0.25) is 0 Å². The molecule has 0 fully saturated rings. The van der Waals surface area contributed by atoms with Crippen LogP contribution >= 0.6 is 0 Å². The van der Waals surface area contributed by atoms with Crippen LogP contribution in [0.15, 0.2) is 36.5 Å². The monoisotopic (exact) mass is 230 g/mol. The first-order chi connectivity index (χ1) is 8.16. The van der Waals surface area contributed by atoms with Gasteiger partial charge < -0.3 is 5.32 Å². The second kappa shape index (κ2) is 4.95. The molecule has 2 aromatic rings. The molecule has 0 spiro atoms. The van der Waals surface area contributed by atoms with E-state index in [-0.39, 0.29) is 5.82 Å². The molecule has 1 aromatic heterocycles. The van der Waals surface area contributed by atoms with Crippen LogP contribution in [0, 0.1) is 19.7 Å². The Bertz CT molecular complexity index is 523. The Kier molecular flexibility index (Phi) is 3.38. The summed E-state index contributed by atoms with van der Waals surface area (Å²) in [4.78, 5) is 4.26. The van der Waals surface area contributed by atoms with Crippen molar-refractivity contribution in [2.24, 2.45) is 0 Å². The summed E-state index contributed by atoms with van der Waals surface area (Å²) in [6.45, 7) is 4.47. The highest BCUT2D eigenvalue weighted by molar-refractivity contribution is 5.47. The van der Waals surface area contributed by atoms with Gasteiger partial charge in [-0.15, -0.1) is 0 Å². The molecule has 0 saturated carbocycles. The highest BCUT2D eigenvalue weighted by Gasteiger charge is 2.03. The van der Waals surface area contributed by atoms with Crippen molar-refractivity contribution in [3.8, 4) is 0 Å². The number of aromatic nitrogens is 1. The topological polar surface area (TPSA) is 24.9 Å². The summed E-state index contributed by atoms with van der Waals surface area (Å²) in [6, 6.07) is 8.92. The Balaban J connectivity index is 2.12. The maximum atomic E-state index is 13.5. The van der Waals surface area contributed by atoms with E-state index >= 15 is 0 Å². The van der Waals surface area contributed by atoms with E-state index in [9.17, 15) is 4.39 Å². The smallest absolute Gasteiger partial charge is 0.146 e. The number of anilines is 1. The van der Waals surface area contributed by atoms with Crippen LogP contribution in [-0.4, -0.2) is 4.98 Å². The first-order valence-electron chi connectivity index (χ1n) is 5.57. The molecule has 0 atom stereocenters. The normalized spacial score (nSPS) is 10.3. The fraction of sp³-hybridized carbons (Fsp3) is 0.214. The zero-order valence-corrected chi connectivity index (χ0v) is 10.00. The highest BCUT2D eigenvalue weighted by atomic mass is 19.1. The van der Waals surface area contributed by atoms with Gasteiger partial charge in [-0.05, 0) is 43.2 Å². The molecule has 0 bridgehead atoms. The summed E-state index contributed by atoms with van der Waals surface area (Å²) >= 11 is 0. The van der Waals surface area contributed by atoms with Crippen LogP contribution in [-0.2, 0) is 6.54 Å². The van der Waals surface area contributed by atoms with Gasteiger partial charge in [0, 0.05) is 6.20 Å². The highest BCUT2D eigenvalue weighted by Crippen LogP contribution is 2.16. The predicted octanol–water partition coefficient (Wildman–Crippen LogP) is 3.45. The Morgan fingerprint density at radius 1 is 1.24 bits per heavy atom. The van der Waals surface area contributed by atoms with Crippen LogP contribution in [0.4, 0.5) is 10.1 Å². The van der Waals surface area contributed by atoms with E-state index < -0.39 is 0 Å². The van der Waals surface area contributed by atoms with Crippen molar-refractivity contribution in [3.63, 3.8) is 0 Å². The van der Waals surface area contributed by atoms with E-state index in [2.05, 4.69) is 10.3 Å². The van der Waals surface area contributed by atoms with Gasteiger partial charge in [-0.3, -0.25) is 4.98 Å². The molecule has 3 heteroatoms. The number of hydrogen-bond donors (Lipinski definition) is 1.